The van der Waals surface area contributed by atoms with E-state index in [1.807, 2.05) is 43.9 Å². The zero-order chi connectivity index (χ0) is 61.7. The summed E-state index contributed by atoms with van der Waals surface area (Å²) in [7, 11) is 0. The number of phenolic OH excluding ortho intramolecular Hbond substituents is 1. The summed E-state index contributed by atoms with van der Waals surface area (Å²) in [6, 6.07) is 5.24. The molecular weight excluding hydrogens is 1090 g/mol. The Morgan fingerprint density at radius 3 is 1.93 bits per heavy atom. The van der Waals surface area contributed by atoms with E-state index >= 15 is 0 Å². The van der Waals surface area contributed by atoms with E-state index in [2.05, 4.69) is 62.8 Å². The zero-order valence-corrected chi connectivity index (χ0v) is 48.3. The fourth-order valence-electron chi connectivity index (χ4n) is 9.83. The number of likely N-dealkylation sites (tertiary alicyclic amines) is 1. The summed E-state index contributed by atoms with van der Waals surface area (Å²) in [6.45, 7) is 9.12. The number of imide groups is 1. The lowest BCUT2D eigenvalue weighted by Gasteiger charge is -2.30. The summed E-state index contributed by atoms with van der Waals surface area (Å²) in [5, 5.41) is 34.4. The summed E-state index contributed by atoms with van der Waals surface area (Å²) < 4.78 is 0. The molecule has 28 heteroatoms. The van der Waals surface area contributed by atoms with Gasteiger partial charge in [0, 0.05) is 49.5 Å². The van der Waals surface area contributed by atoms with Gasteiger partial charge in [0.2, 0.25) is 59.1 Å². The second kappa shape index (κ2) is 31.6. The van der Waals surface area contributed by atoms with Crippen molar-refractivity contribution < 1.29 is 53.1 Å². The van der Waals surface area contributed by atoms with Gasteiger partial charge in [-0.05, 0) is 114 Å². The van der Waals surface area contributed by atoms with Gasteiger partial charge in [-0.1, -0.05) is 51.1 Å². The van der Waals surface area contributed by atoms with E-state index in [0.29, 0.717) is 30.6 Å². The topological polar surface area (TPSA) is 447 Å². The molecule has 28 nitrogen and oxygen atoms in total. The average molecular weight is 1170 g/mol. The smallest absolute Gasteiger partial charge is 0.249 e. The molecule has 0 bridgehead atoms. The Morgan fingerprint density at radius 2 is 1.32 bits per heavy atom. The number of hydrogen-bond donors (Lipinski definition) is 15. The summed E-state index contributed by atoms with van der Waals surface area (Å²) in [4.78, 5) is 150. The number of nitrogens with zero attached hydrogens (tertiary/aromatic N) is 3. The first kappa shape index (κ1) is 66.0. The highest BCUT2D eigenvalue weighted by atomic mass is 16.3. The SMILES string of the molecule is CCN1CCC[C@H]1C(=O)NC(=O)[C@H](CCCN=C(N)N)NC(=O)[C@@H](CC(C)C)NC(=O)C(C)(C)NC(=O)CNC(=O)[C@@H](Cc1c[nH]c2ccccc12)NC(=O)[C@H](CCCN=C(N)N)NC(=O)[C@H](Cc1ccc(O)cc1)NC(=O)[C@@H]1CCC(=O)N1. The van der Waals surface area contributed by atoms with Gasteiger partial charge in [-0.2, -0.15) is 0 Å². The number of carbonyl (C=O) groups excluding carboxylic acids is 10. The Labute approximate surface area is 487 Å². The number of hydrogen-bond acceptors (Lipinski definition) is 14. The van der Waals surface area contributed by atoms with E-state index in [-0.39, 0.29) is 100 Å². The van der Waals surface area contributed by atoms with Crippen LogP contribution in [-0.2, 0) is 60.8 Å². The Balaban J connectivity index is 1.31. The molecule has 0 radical (unpaired) electrons. The molecule has 0 saturated carbocycles. The van der Waals surface area contributed by atoms with Crippen molar-refractivity contribution in [2.24, 2.45) is 38.8 Å². The second-order valence-corrected chi connectivity index (χ2v) is 21.9. The molecule has 0 aliphatic carbocycles. The molecule has 2 saturated heterocycles. The van der Waals surface area contributed by atoms with Crippen LogP contribution in [0.25, 0.3) is 10.9 Å². The summed E-state index contributed by atoms with van der Waals surface area (Å²) in [5.41, 5.74) is 22.3. The third-order valence-corrected chi connectivity index (χ3v) is 14.3. The minimum Gasteiger partial charge on any atom is -0.508 e. The maximum atomic E-state index is 14.5. The van der Waals surface area contributed by atoms with Crippen molar-refractivity contribution in [2.45, 2.75) is 153 Å². The van der Waals surface area contributed by atoms with E-state index in [1.54, 1.807) is 24.4 Å². The molecule has 2 aliphatic heterocycles. The standard InChI is InChI=1S/C56H83N17O11/c1-6-73-25-11-16-43(73)52(83)71-49(80)38(15-10-24-62-55(59)60)67-50(81)40(26-31(2)3)70-53(84)56(4,5)72-45(76)30-64-46(77)42(28-33-29-63-36-13-8-7-12-35(33)36)69-47(78)37(14-9-23-61-54(57)58)66-51(82)41(27-32-17-19-34(74)20-18-32)68-48(79)39-21-22-44(75)65-39/h7-8,12-13,17-20,29,31,37-43,63,74H,6,9-11,14-16,21-28,30H2,1-5H3,(H,64,77)(H,65,75)(H,66,82)(H,67,81)(H,68,79)(H,69,78)(H,70,84)(H,72,76)(H4,57,58,61)(H4,59,60,62)(H,71,80,83)/t37-,38-,39-,40+,41-,42+,43-/m0/s1. The van der Waals surface area contributed by atoms with Crippen LogP contribution < -0.4 is 70.8 Å². The lowest BCUT2D eigenvalue weighted by atomic mass is 9.99. The molecule has 84 heavy (non-hydrogen) atoms. The Bertz CT molecular complexity index is 2880. The van der Waals surface area contributed by atoms with E-state index < -0.39 is 108 Å². The average Bonchev–Trinajstić information content (AvgIpc) is 4.15. The molecule has 2 aromatic carbocycles. The van der Waals surface area contributed by atoms with Crippen LogP contribution in [0.1, 0.15) is 104 Å². The monoisotopic (exact) mass is 1170 g/mol. The molecule has 2 fully saturated rings. The lowest BCUT2D eigenvalue weighted by molar-refractivity contribution is -0.138. The normalized spacial score (nSPS) is 16.8. The number of fused-ring (bicyclic) bond motifs is 1. The van der Waals surface area contributed by atoms with Crippen molar-refractivity contribution in [3.63, 3.8) is 0 Å². The summed E-state index contributed by atoms with van der Waals surface area (Å²) in [6.07, 6.45) is 3.60. The molecule has 3 heterocycles. The molecule has 1 aromatic heterocycles. The van der Waals surface area contributed by atoms with Gasteiger partial charge in [0.15, 0.2) is 11.9 Å². The number of guanidine groups is 2. The fraction of sp³-hybridized carbons (Fsp3) is 0.536. The summed E-state index contributed by atoms with van der Waals surface area (Å²) in [5.74, 6) is -7.57. The lowest BCUT2D eigenvalue weighted by Crippen LogP contribution is -2.62. The van der Waals surface area contributed by atoms with Gasteiger partial charge in [-0.3, -0.25) is 68.1 Å². The Hall–Kier alpha value is -8.82. The van der Waals surface area contributed by atoms with Gasteiger partial charge in [-0.25, -0.2) is 0 Å². The van der Waals surface area contributed by atoms with Crippen LogP contribution in [0.4, 0.5) is 0 Å². The number of aliphatic imine (C=N–C) groups is 2. The molecule has 458 valence electrons. The minimum absolute atomic E-state index is 0.0364. The van der Waals surface area contributed by atoms with Crippen LogP contribution in [0.5, 0.6) is 5.75 Å². The van der Waals surface area contributed by atoms with Gasteiger partial charge < -0.3 is 75.6 Å². The number of H-pyrrole nitrogens is 1. The molecule has 5 rings (SSSR count). The number of rotatable bonds is 31. The third-order valence-electron chi connectivity index (χ3n) is 14.3. The first-order valence-electron chi connectivity index (χ1n) is 28.3. The van der Waals surface area contributed by atoms with Crippen molar-refractivity contribution in [3.8, 4) is 5.75 Å². The third kappa shape index (κ3) is 20.6. The molecular formula is C56H83N17O11. The van der Waals surface area contributed by atoms with Crippen molar-refractivity contribution in [3.05, 3.63) is 65.9 Å². The number of aromatic hydroxyl groups is 1. The zero-order valence-electron chi connectivity index (χ0n) is 48.3. The molecule has 2 aliphatic rings. The van der Waals surface area contributed by atoms with Crippen LogP contribution in [-0.4, -0.2) is 167 Å². The molecule has 19 N–H and O–H groups in total. The number of para-hydroxylation sites is 1. The predicted molar refractivity (Wildman–Crippen MR) is 313 cm³/mol. The number of carbonyl (C=O) groups is 10. The Kier molecular flexibility index (Phi) is 24.8. The van der Waals surface area contributed by atoms with Crippen LogP contribution in [0.15, 0.2) is 64.7 Å². The Morgan fingerprint density at radius 1 is 0.726 bits per heavy atom. The second-order valence-electron chi connectivity index (χ2n) is 21.9. The fourth-order valence-corrected chi connectivity index (χ4v) is 9.83. The van der Waals surface area contributed by atoms with Gasteiger partial charge in [0.1, 0.15) is 47.5 Å². The van der Waals surface area contributed by atoms with Crippen molar-refractivity contribution in [1.82, 2.24) is 57.7 Å². The van der Waals surface area contributed by atoms with Crippen molar-refractivity contribution >= 4 is 81.9 Å². The molecule has 7 atom stereocenters. The predicted octanol–water partition coefficient (Wildman–Crippen LogP) is -2.35. The first-order chi connectivity index (χ1) is 39.8. The summed E-state index contributed by atoms with van der Waals surface area (Å²) >= 11 is 0. The van der Waals surface area contributed by atoms with E-state index in [1.165, 1.54) is 26.0 Å². The first-order valence-corrected chi connectivity index (χ1v) is 28.3. The maximum Gasteiger partial charge on any atom is 0.249 e. The highest BCUT2D eigenvalue weighted by Crippen LogP contribution is 2.21. The number of nitrogens with two attached hydrogens (primary N) is 4. The molecule has 3 aromatic rings. The van der Waals surface area contributed by atoms with E-state index in [9.17, 15) is 53.1 Å². The van der Waals surface area contributed by atoms with Gasteiger partial charge in [-0.15, -0.1) is 0 Å². The van der Waals surface area contributed by atoms with Crippen LogP contribution in [0.2, 0.25) is 0 Å². The number of nitrogens with one attached hydrogen (secondary N) is 10. The van der Waals surface area contributed by atoms with Gasteiger partial charge in [0.05, 0.1) is 12.6 Å². The number of aromatic nitrogens is 1. The number of amides is 10. The number of benzene rings is 2. The van der Waals surface area contributed by atoms with E-state index in [0.717, 1.165) is 17.3 Å². The highest BCUT2D eigenvalue weighted by Gasteiger charge is 2.38. The van der Waals surface area contributed by atoms with Crippen molar-refractivity contribution in [2.75, 3.05) is 32.7 Å². The number of aromatic amines is 1. The van der Waals surface area contributed by atoms with Crippen LogP contribution in [0.3, 0.4) is 0 Å². The van der Waals surface area contributed by atoms with E-state index in [4.69, 9.17) is 22.9 Å². The van der Waals surface area contributed by atoms with Crippen LogP contribution in [0, 0.1) is 5.92 Å². The molecule has 0 unspecified atom stereocenters. The number of likely N-dealkylation sites (N-methyl/N-ethyl adjacent to an activating group) is 1. The van der Waals surface area contributed by atoms with Crippen molar-refractivity contribution in [1.29, 1.82) is 0 Å². The molecule has 10 amide bonds. The molecule has 0 spiro atoms. The van der Waals surface area contributed by atoms with Gasteiger partial charge >= 0.3 is 0 Å². The quantitative estimate of drug-likeness (QED) is 0.0182. The van der Waals surface area contributed by atoms with Crippen LogP contribution >= 0.6 is 0 Å². The number of phenols is 1. The minimum atomic E-state index is -1.71. The largest absolute Gasteiger partial charge is 0.508 e. The maximum absolute atomic E-state index is 14.5. The van der Waals surface area contributed by atoms with Gasteiger partial charge in [0.25, 0.3) is 0 Å². The highest BCUT2D eigenvalue weighted by molar-refractivity contribution is 6.02.